The van der Waals surface area contributed by atoms with Crippen molar-refractivity contribution in [1.29, 1.82) is 0 Å². The van der Waals surface area contributed by atoms with Crippen LogP contribution in [0.2, 0.25) is 0 Å². The summed E-state index contributed by atoms with van der Waals surface area (Å²) in [6.45, 7) is 0.314. The molecule has 114 valence electrons. The fraction of sp³-hybridized carbons (Fsp3) is 0.167. The van der Waals surface area contributed by atoms with E-state index in [9.17, 15) is 21.6 Å². The molecule has 0 bridgehead atoms. The van der Waals surface area contributed by atoms with Gasteiger partial charge in [0.15, 0.2) is 11.6 Å². The van der Waals surface area contributed by atoms with Crippen LogP contribution in [0.15, 0.2) is 28.5 Å². The fourth-order valence-electron chi connectivity index (χ4n) is 1.66. The number of sulfonamides is 1. The lowest BCUT2D eigenvalue weighted by atomic mass is 10.3. The number of nitrogens with one attached hydrogen (secondary N) is 2. The summed E-state index contributed by atoms with van der Waals surface area (Å²) >= 11 is 1.21. The van der Waals surface area contributed by atoms with E-state index >= 15 is 0 Å². The lowest BCUT2D eigenvalue weighted by molar-refractivity contribution is 0.496. The lowest BCUT2D eigenvalue weighted by Crippen LogP contribution is -2.16. The molecule has 0 atom stereocenters. The van der Waals surface area contributed by atoms with Gasteiger partial charge in [0.05, 0.1) is 5.69 Å². The van der Waals surface area contributed by atoms with E-state index in [-0.39, 0.29) is 11.0 Å². The lowest BCUT2D eigenvalue weighted by Gasteiger charge is -2.10. The summed E-state index contributed by atoms with van der Waals surface area (Å²) in [4.78, 5) is 0.485. The predicted molar refractivity (Wildman–Crippen MR) is 74.2 cm³/mol. The summed E-state index contributed by atoms with van der Waals surface area (Å²) in [5.74, 6) is -3.92. The van der Waals surface area contributed by atoms with E-state index in [0.29, 0.717) is 17.5 Å². The maximum absolute atomic E-state index is 13.5. The largest absolute Gasteiger partial charge is 0.315 e. The van der Waals surface area contributed by atoms with Crippen molar-refractivity contribution in [2.45, 2.75) is 11.4 Å². The van der Waals surface area contributed by atoms with Gasteiger partial charge < -0.3 is 5.32 Å². The Morgan fingerprint density at radius 3 is 2.48 bits per heavy atom. The molecule has 0 amide bonds. The number of hydrogen-bond acceptors (Lipinski definition) is 4. The molecule has 0 aliphatic heterocycles. The molecule has 0 saturated carbocycles. The summed E-state index contributed by atoms with van der Waals surface area (Å²) in [5, 5.41) is 4.38. The van der Waals surface area contributed by atoms with E-state index in [2.05, 4.69) is 5.32 Å². The molecule has 0 fully saturated rings. The molecular formula is C12H11F3N2O2S2. The minimum absolute atomic E-state index is 0.0361. The summed E-state index contributed by atoms with van der Waals surface area (Å²) in [7, 11) is -2.43. The first-order chi connectivity index (χ1) is 9.85. The Hall–Kier alpha value is -1.58. The van der Waals surface area contributed by atoms with Crippen molar-refractivity contribution >= 4 is 27.0 Å². The third-order valence-electron chi connectivity index (χ3n) is 2.59. The van der Waals surface area contributed by atoms with Crippen molar-refractivity contribution < 1.29 is 21.6 Å². The standard InChI is InChI=1S/C12H11F3N2O2S2/c1-16-6-11-12(2-3-20-11)21(18,19)17-10-5-8(14)7(13)4-9(10)15/h2-5,16-17H,6H2,1H3. The SMILES string of the molecule is CNCc1sccc1S(=O)(=O)Nc1cc(F)c(F)cc1F. The molecule has 2 aromatic rings. The van der Waals surface area contributed by atoms with Crippen LogP contribution in [0, 0.1) is 17.5 Å². The van der Waals surface area contributed by atoms with Gasteiger partial charge in [-0.05, 0) is 18.5 Å². The van der Waals surface area contributed by atoms with Gasteiger partial charge in [0.25, 0.3) is 10.0 Å². The minimum atomic E-state index is -4.08. The van der Waals surface area contributed by atoms with Crippen LogP contribution in [0.1, 0.15) is 4.88 Å². The molecule has 1 heterocycles. The molecule has 0 aliphatic carbocycles. The number of anilines is 1. The Morgan fingerprint density at radius 2 is 1.81 bits per heavy atom. The fourth-order valence-corrected chi connectivity index (χ4v) is 4.17. The highest BCUT2D eigenvalue weighted by molar-refractivity contribution is 7.93. The summed E-state index contributed by atoms with van der Waals surface area (Å²) < 4.78 is 65.7. The second-order valence-corrected chi connectivity index (χ2v) is 6.74. The number of hydrogen-bond donors (Lipinski definition) is 2. The van der Waals surface area contributed by atoms with Crippen LogP contribution >= 0.6 is 11.3 Å². The highest BCUT2D eigenvalue weighted by atomic mass is 32.2. The van der Waals surface area contributed by atoms with E-state index in [4.69, 9.17) is 0 Å². The third-order valence-corrected chi connectivity index (χ3v) is 5.09. The molecule has 0 aliphatic rings. The van der Waals surface area contributed by atoms with Crippen molar-refractivity contribution in [3.63, 3.8) is 0 Å². The van der Waals surface area contributed by atoms with Crippen LogP contribution in [0.5, 0.6) is 0 Å². The van der Waals surface area contributed by atoms with Gasteiger partial charge in [-0.2, -0.15) is 0 Å². The van der Waals surface area contributed by atoms with Crippen LogP contribution < -0.4 is 10.0 Å². The Labute approximate surface area is 123 Å². The van der Waals surface area contributed by atoms with Crippen LogP contribution in [0.4, 0.5) is 18.9 Å². The highest BCUT2D eigenvalue weighted by Crippen LogP contribution is 2.26. The first-order valence-electron chi connectivity index (χ1n) is 5.73. The zero-order valence-corrected chi connectivity index (χ0v) is 12.4. The molecule has 0 spiro atoms. The van der Waals surface area contributed by atoms with Gasteiger partial charge in [-0.1, -0.05) is 0 Å². The van der Waals surface area contributed by atoms with Crippen LogP contribution in [0.3, 0.4) is 0 Å². The van der Waals surface area contributed by atoms with Gasteiger partial charge in [-0.3, -0.25) is 4.72 Å². The van der Waals surface area contributed by atoms with E-state index < -0.39 is 33.2 Å². The van der Waals surface area contributed by atoms with Crippen LogP contribution in [-0.4, -0.2) is 15.5 Å². The number of halogens is 3. The topological polar surface area (TPSA) is 58.2 Å². The third kappa shape index (κ3) is 3.36. The van der Waals surface area contributed by atoms with Gasteiger partial charge in [0.2, 0.25) is 0 Å². The molecule has 0 radical (unpaired) electrons. The van der Waals surface area contributed by atoms with Gasteiger partial charge in [-0.15, -0.1) is 11.3 Å². The number of benzene rings is 1. The average molecular weight is 336 g/mol. The average Bonchev–Trinajstić information content (AvgIpc) is 2.85. The molecule has 21 heavy (non-hydrogen) atoms. The van der Waals surface area contributed by atoms with Crippen molar-refractivity contribution in [2.24, 2.45) is 0 Å². The molecule has 0 saturated heterocycles. The van der Waals surface area contributed by atoms with E-state index in [1.807, 2.05) is 4.72 Å². The van der Waals surface area contributed by atoms with E-state index in [1.54, 1.807) is 12.4 Å². The van der Waals surface area contributed by atoms with Crippen LogP contribution in [0.25, 0.3) is 0 Å². The minimum Gasteiger partial charge on any atom is -0.315 e. The van der Waals surface area contributed by atoms with E-state index in [0.717, 1.165) is 0 Å². The van der Waals surface area contributed by atoms with Gasteiger partial charge in [0, 0.05) is 23.6 Å². The molecule has 2 N–H and O–H groups in total. The first kappa shape index (κ1) is 15.8. The van der Waals surface area contributed by atoms with Gasteiger partial charge >= 0.3 is 0 Å². The number of rotatable bonds is 5. The van der Waals surface area contributed by atoms with Gasteiger partial charge in [0.1, 0.15) is 10.7 Å². The van der Waals surface area contributed by atoms with Crippen molar-refractivity contribution in [2.75, 3.05) is 11.8 Å². The molecule has 1 aromatic heterocycles. The van der Waals surface area contributed by atoms with Crippen molar-refractivity contribution in [1.82, 2.24) is 5.32 Å². The molecule has 4 nitrogen and oxygen atoms in total. The van der Waals surface area contributed by atoms with Crippen molar-refractivity contribution in [3.05, 3.63) is 45.9 Å². The highest BCUT2D eigenvalue weighted by Gasteiger charge is 2.22. The quantitative estimate of drug-likeness (QED) is 0.826. The van der Waals surface area contributed by atoms with Crippen molar-refractivity contribution in [3.8, 4) is 0 Å². The molecular weight excluding hydrogens is 325 g/mol. The molecule has 0 unspecified atom stereocenters. The Morgan fingerprint density at radius 1 is 1.14 bits per heavy atom. The molecule has 1 aromatic carbocycles. The first-order valence-corrected chi connectivity index (χ1v) is 8.09. The zero-order chi connectivity index (χ0) is 15.6. The zero-order valence-electron chi connectivity index (χ0n) is 10.8. The second kappa shape index (κ2) is 6.04. The monoisotopic (exact) mass is 336 g/mol. The maximum Gasteiger partial charge on any atom is 0.263 e. The normalized spacial score (nSPS) is 11.6. The van der Waals surface area contributed by atoms with Gasteiger partial charge in [-0.25, -0.2) is 21.6 Å². The molecule has 9 heteroatoms. The summed E-state index contributed by atoms with van der Waals surface area (Å²) in [6, 6.07) is 2.11. The summed E-state index contributed by atoms with van der Waals surface area (Å²) in [6.07, 6.45) is 0. The summed E-state index contributed by atoms with van der Waals surface area (Å²) in [5.41, 5.74) is -0.643. The number of thiophene rings is 1. The smallest absolute Gasteiger partial charge is 0.263 e. The second-order valence-electron chi connectivity index (χ2n) is 4.09. The maximum atomic E-state index is 13.5. The Kier molecular flexibility index (Phi) is 4.55. The Balaban J connectivity index is 2.38. The van der Waals surface area contributed by atoms with E-state index in [1.165, 1.54) is 17.4 Å². The van der Waals surface area contributed by atoms with Crippen LogP contribution in [-0.2, 0) is 16.6 Å². The Bertz CT molecular complexity index is 760. The molecule has 2 rings (SSSR count). The predicted octanol–water partition coefficient (Wildman–Crippen LogP) is 2.69.